The first-order chi connectivity index (χ1) is 10.6. The van der Waals surface area contributed by atoms with Crippen molar-refractivity contribution in [1.29, 1.82) is 0 Å². The molecular formula is C14H16N4O3S. The molecule has 0 saturated carbocycles. The number of para-hydroxylation sites is 2. The molecule has 0 fully saturated rings. The van der Waals surface area contributed by atoms with Crippen LogP contribution in [0.5, 0.6) is 11.5 Å². The van der Waals surface area contributed by atoms with Crippen LogP contribution in [0.3, 0.4) is 0 Å². The molecule has 7 nitrogen and oxygen atoms in total. The number of urea groups is 1. The summed E-state index contributed by atoms with van der Waals surface area (Å²) in [5, 5.41) is 3.19. The van der Waals surface area contributed by atoms with Crippen molar-refractivity contribution >= 4 is 22.7 Å². The van der Waals surface area contributed by atoms with Crippen LogP contribution < -0.4 is 14.8 Å². The molecule has 2 heterocycles. The van der Waals surface area contributed by atoms with Crippen molar-refractivity contribution in [2.75, 3.05) is 25.5 Å². The number of rotatable bonds is 3. The van der Waals surface area contributed by atoms with Gasteiger partial charge in [-0.1, -0.05) is 12.1 Å². The number of carbonyl (C=O) groups is 1. The number of fused-ring (bicyclic) bond motifs is 1. The average molecular weight is 320 g/mol. The SMILES string of the molecule is Cc1nsc(NC(=O)N(C)CC2COc3ccccc3O2)n1. The van der Waals surface area contributed by atoms with Crippen molar-refractivity contribution in [3.8, 4) is 11.5 Å². The third kappa shape index (κ3) is 3.28. The number of aromatic nitrogens is 2. The number of ether oxygens (including phenoxy) is 2. The van der Waals surface area contributed by atoms with Crippen molar-refractivity contribution in [2.45, 2.75) is 13.0 Å². The van der Waals surface area contributed by atoms with Gasteiger partial charge in [-0.25, -0.2) is 9.78 Å². The molecule has 0 spiro atoms. The maximum atomic E-state index is 12.1. The molecule has 0 bridgehead atoms. The Morgan fingerprint density at radius 2 is 2.23 bits per heavy atom. The average Bonchev–Trinajstić information content (AvgIpc) is 2.92. The highest BCUT2D eigenvalue weighted by Gasteiger charge is 2.24. The molecule has 3 rings (SSSR count). The standard InChI is InChI=1S/C14H16N4O3S/c1-9-15-13(22-17-9)16-14(19)18(2)7-10-8-20-11-5-3-4-6-12(11)21-10/h3-6,10H,7-8H2,1-2H3,(H,15,16,17,19). The van der Waals surface area contributed by atoms with E-state index in [-0.39, 0.29) is 12.1 Å². The maximum Gasteiger partial charge on any atom is 0.323 e. The zero-order valence-electron chi connectivity index (χ0n) is 12.3. The van der Waals surface area contributed by atoms with Gasteiger partial charge in [0, 0.05) is 18.6 Å². The van der Waals surface area contributed by atoms with Crippen molar-refractivity contribution in [3.05, 3.63) is 30.1 Å². The van der Waals surface area contributed by atoms with Gasteiger partial charge < -0.3 is 14.4 Å². The molecule has 0 radical (unpaired) electrons. The molecule has 0 saturated heterocycles. The van der Waals surface area contributed by atoms with Gasteiger partial charge in [-0.2, -0.15) is 4.37 Å². The number of likely N-dealkylation sites (N-methyl/N-ethyl adjacent to an activating group) is 1. The zero-order chi connectivity index (χ0) is 15.5. The number of nitrogens with one attached hydrogen (secondary N) is 1. The van der Waals surface area contributed by atoms with Gasteiger partial charge in [0.15, 0.2) is 17.6 Å². The Labute approximate surface area is 132 Å². The normalized spacial score (nSPS) is 16.2. The number of hydrogen-bond donors (Lipinski definition) is 1. The Balaban J connectivity index is 1.56. The van der Waals surface area contributed by atoms with Gasteiger partial charge >= 0.3 is 6.03 Å². The van der Waals surface area contributed by atoms with Crippen molar-refractivity contribution in [3.63, 3.8) is 0 Å². The predicted octanol–water partition coefficient (Wildman–Crippen LogP) is 2.15. The summed E-state index contributed by atoms with van der Waals surface area (Å²) in [5.74, 6) is 2.08. The highest BCUT2D eigenvalue weighted by atomic mass is 32.1. The van der Waals surface area contributed by atoms with Crippen LogP contribution in [0.1, 0.15) is 5.82 Å². The molecule has 1 aromatic heterocycles. The Morgan fingerprint density at radius 3 is 2.95 bits per heavy atom. The topological polar surface area (TPSA) is 76.6 Å². The minimum atomic E-state index is -0.251. The van der Waals surface area contributed by atoms with E-state index < -0.39 is 0 Å². The Bertz CT molecular complexity index is 676. The van der Waals surface area contributed by atoms with E-state index in [0.29, 0.717) is 29.9 Å². The number of aryl methyl sites for hydroxylation is 1. The summed E-state index contributed by atoms with van der Waals surface area (Å²) in [7, 11) is 1.70. The fourth-order valence-corrected chi connectivity index (χ4v) is 2.64. The largest absolute Gasteiger partial charge is 0.486 e. The minimum absolute atomic E-state index is 0.207. The van der Waals surface area contributed by atoms with Crippen LogP contribution >= 0.6 is 11.5 Å². The van der Waals surface area contributed by atoms with Gasteiger partial charge in [0.05, 0.1) is 6.54 Å². The minimum Gasteiger partial charge on any atom is -0.486 e. The van der Waals surface area contributed by atoms with E-state index in [1.807, 2.05) is 24.3 Å². The van der Waals surface area contributed by atoms with E-state index in [9.17, 15) is 4.79 Å². The second-order valence-electron chi connectivity index (χ2n) is 4.96. The second-order valence-corrected chi connectivity index (χ2v) is 5.71. The van der Waals surface area contributed by atoms with E-state index in [2.05, 4.69) is 14.7 Å². The van der Waals surface area contributed by atoms with E-state index in [1.54, 1.807) is 18.9 Å². The van der Waals surface area contributed by atoms with E-state index >= 15 is 0 Å². The summed E-state index contributed by atoms with van der Waals surface area (Å²) in [6.07, 6.45) is -0.207. The highest BCUT2D eigenvalue weighted by Crippen LogP contribution is 2.30. The van der Waals surface area contributed by atoms with Crippen molar-refractivity contribution in [1.82, 2.24) is 14.3 Å². The molecule has 1 aliphatic heterocycles. The lowest BCUT2D eigenvalue weighted by atomic mass is 10.2. The summed E-state index contributed by atoms with van der Waals surface area (Å²) in [6.45, 7) is 2.60. The number of hydrogen-bond acceptors (Lipinski definition) is 6. The first-order valence-corrected chi connectivity index (χ1v) is 7.60. The first kappa shape index (κ1) is 14.6. The molecule has 1 atom stereocenters. The van der Waals surface area contributed by atoms with Gasteiger partial charge in [-0.3, -0.25) is 5.32 Å². The van der Waals surface area contributed by atoms with Crippen LogP contribution in [0.25, 0.3) is 0 Å². The van der Waals surface area contributed by atoms with Gasteiger partial charge in [-0.15, -0.1) is 0 Å². The third-order valence-corrected chi connectivity index (χ3v) is 3.85. The second kappa shape index (κ2) is 6.18. The van der Waals surface area contributed by atoms with E-state index in [1.165, 1.54) is 0 Å². The zero-order valence-corrected chi connectivity index (χ0v) is 13.1. The lowest BCUT2D eigenvalue weighted by Crippen LogP contribution is -2.43. The van der Waals surface area contributed by atoms with Crippen molar-refractivity contribution < 1.29 is 14.3 Å². The van der Waals surface area contributed by atoms with Gasteiger partial charge in [0.1, 0.15) is 12.4 Å². The van der Waals surface area contributed by atoms with Crippen LogP contribution in [-0.4, -0.2) is 46.6 Å². The predicted molar refractivity (Wildman–Crippen MR) is 82.6 cm³/mol. The number of carbonyl (C=O) groups excluding carboxylic acids is 1. The van der Waals surface area contributed by atoms with Crippen LogP contribution in [0.4, 0.5) is 9.93 Å². The molecule has 1 N–H and O–H groups in total. The lowest BCUT2D eigenvalue weighted by molar-refractivity contribution is 0.0731. The first-order valence-electron chi connectivity index (χ1n) is 6.83. The summed E-state index contributed by atoms with van der Waals surface area (Å²) in [6, 6.07) is 7.25. The fraction of sp³-hybridized carbons (Fsp3) is 0.357. The molecule has 22 heavy (non-hydrogen) atoms. The molecule has 1 aliphatic rings. The molecular weight excluding hydrogens is 304 g/mol. The van der Waals surface area contributed by atoms with Crippen LogP contribution in [-0.2, 0) is 0 Å². The van der Waals surface area contributed by atoms with Gasteiger partial charge in [-0.05, 0) is 19.1 Å². The van der Waals surface area contributed by atoms with Crippen LogP contribution in [0, 0.1) is 6.92 Å². The quantitative estimate of drug-likeness (QED) is 0.938. The Morgan fingerprint density at radius 1 is 1.45 bits per heavy atom. The molecule has 2 amide bonds. The number of benzene rings is 1. The van der Waals surface area contributed by atoms with Crippen molar-refractivity contribution in [2.24, 2.45) is 0 Å². The molecule has 1 unspecified atom stereocenters. The molecule has 8 heteroatoms. The van der Waals surface area contributed by atoms with Crippen LogP contribution in [0.15, 0.2) is 24.3 Å². The molecule has 1 aromatic carbocycles. The maximum absolute atomic E-state index is 12.1. The summed E-state index contributed by atoms with van der Waals surface area (Å²) >= 11 is 1.16. The third-order valence-electron chi connectivity index (χ3n) is 3.13. The van der Waals surface area contributed by atoms with Gasteiger partial charge in [0.25, 0.3) is 0 Å². The summed E-state index contributed by atoms with van der Waals surface area (Å²) in [5.41, 5.74) is 0. The Kier molecular flexibility index (Phi) is 4.10. The number of anilines is 1. The van der Waals surface area contributed by atoms with E-state index in [0.717, 1.165) is 17.3 Å². The molecule has 0 aliphatic carbocycles. The van der Waals surface area contributed by atoms with Crippen LogP contribution in [0.2, 0.25) is 0 Å². The number of nitrogens with zero attached hydrogens (tertiary/aromatic N) is 3. The number of amides is 2. The Hall–Kier alpha value is -2.35. The monoisotopic (exact) mass is 320 g/mol. The lowest BCUT2D eigenvalue weighted by Gasteiger charge is -2.29. The van der Waals surface area contributed by atoms with Gasteiger partial charge in [0.2, 0.25) is 5.13 Å². The molecule has 116 valence electrons. The highest BCUT2D eigenvalue weighted by molar-refractivity contribution is 7.09. The summed E-state index contributed by atoms with van der Waals surface area (Å²) < 4.78 is 15.5. The summed E-state index contributed by atoms with van der Waals surface area (Å²) in [4.78, 5) is 17.7. The molecule has 2 aromatic rings. The van der Waals surface area contributed by atoms with E-state index in [4.69, 9.17) is 9.47 Å². The smallest absolute Gasteiger partial charge is 0.323 e. The fourth-order valence-electron chi connectivity index (χ4n) is 2.08.